The Balaban J connectivity index is 2.05. The van der Waals surface area contributed by atoms with Gasteiger partial charge in [-0.2, -0.15) is 5.10 Å². The van der Waals surface area contributed by atoms with E-state index in [1.807, 2.05) is 36.0 Å². The molecule has 1 N–H and O–H groups in total. The molecule has 0 spiro atoms. The van der Waals surface area contributed by atoms with Crippen molar-refractivity contribution in [2.24, 2.45) is 0 Å². The highest BCUT2D eigenvalue weighted by molar-refractivity contribution is 5.46. The van der Waals surface area contributed by atoms with Crippen LogP contribution in [-0.4, -0.2) is 14.8 Å². The first-order chi connectivity index (χ1) is 7.81. The van der Waals surface area contributed by atoms with Crippen LogP contribution in [0.1, 0.15) is 18.3 Å². The monoisotopic (exact) mass is 216 g/mol. The third-order valence-electron chi connectivity index (χ3n) is 2.57. The van der Waals surface area contributed by atoms with Crippen molar-refractivity contribution in [3.05, 3.63) is 42.0 Å². The maximum absolute atomic E-state index is 4.24. The molecule has 2 aromatic heterocycles. The molecule has 0 unspecified atom stereocenters. The average molecular weight is 216 g/mol. The number of nitrogens with zero attached hydrogens (tertiary/aromatic N) is 3. The van der Waals surface area contributed by atoms with E-state index in [1.54, 1.807) is 6.20 Å². The van der Waals surface area contributed by atoms with Crippen molar-refractivity contribution in [1.82, 2.24) is 14.8 Å². The van der Waals surface area contributed by atoms with E-state index in [-0.39, 0.29) is 0 Å². The summed E-state index contributed by atoms with van der Waals surface area (Å²) in [5.74, 6) is 0. The molecule has 0 amide bonds. The van der Waals surface area contributed by atoms with Gasteiger partial charge in [0.15, 0.2) is 0 Å². The van der Waals surface area contributed by atoms with Gasteiger partial charge in [-0.1, -0.05) is 0 Å². The molecule has 0 saturated heterocycles. The minimum absolute atomic E-state index is 0.778. The average Bonchev–Trinajstić information content (AvgIpc) is 2.75. The van der Waals surface area contributed by atoms with Gasteiger partial charge < -0.3 is 5.32 Å². The lowest BCUT2D eigenvalue weighted by atomic mass is 10.3. The van der Waals surface area contributed by atoms with Crippen LogP contribution in [0.4, 0.5) is 5.69 Å². The largest absolute Gasteiger partial charge is 0.378 e. The normalized spacial score (nSPS) is 10.4. The first-order valence-electron chi connectivity index (χ1n) is 5.47. The van der Waals surface area contributed by atoms with Crippen molar-refractivity contribution in [1.29, 1.82) is 0 Å². The van der Waals surface area contributed by atoms with Gasteiger partial charge in [0, 0.05) is 18.9 Å². The van der Waals surface area contributed by atoms with E-state index < -0.39 is 0 Å². The van der Waals surface area contributed by atoms with Gasteiger partial charge in [0.1, 0.15) is 0 Å². The van der Waals surface area contributed by atoms with Gasteiger partial charge in [-0.15, -0.1) is 0 Å². The van der Waals surface area contributed by atoms with Gasteiger partial charge in [-0.05, 0) is 32.0 Å². The van der Waals surface area contributed by atoms with Crippen molar-refractivity contribution in [2.45, 2.75) is 26.9 Å². The highest BCUT2D eigenvalue weighted by Crippen LogP contribution is 2.11. The summed E-state index contributed by atoms with van der Waals surface area (Å²) >= 11 is 0. The molecule has 0 fully saturated rings. The van der Waals surface area contributed by atoms with Crippen molar-refractivity contribution in [3.8, 4) is 0 Å². The summed E-state index contributed by atoms with van der Waals surface area (Å²) in [6.45, 7) is 5.77. The van der Waals surface area contributed by atoms with E-state index in [1.165, 1.54) is 5.69 Å². The van der Waals surface area contributed by atoms with Crippen LogP contribution in [0.2, 0.25) is 0 Å². The lowest BCUT2D eigenvalue weighted by molar-refractivity contribution is 0.627. The maximum atomic E-state index is 4.24. The summed E-state index contributed by atoms with van der Waals surface area (Å²) in [5, 5.41) is 7.60. The van der Waals surface area contributed by atoms with Crippen LogP contribution >= 0.6 is 0 Å². The van der Waals surface area contributed by atoms with Crippen LogP contribution in [0.25, 0.3) is 0 Å². The van der Waals surface area contributed by atoms with Crippen molar-refractivity contribution < 1.29 is 0 Å². The van der Waals surface area contributed by atoms with Crippen LogP contribution in [0.15, 0.2) is 30.6 Å². The number of hydrogen-bond donors (Lipinski definition) is 1. The summed E-state index contributed by atoms with van der Waals surface area (Å²) in [4.78, 5) is 4.24. The fourth-order valence-corrected chi connectivity index (χ4v) is 1.65. The predicted octanol–water partition coefficient (Wildman–Crippen LogP) is 2.22. The molecule has 84 valence electrons. The number of pyridine rings is 1. The standard InChI is InChI=1S/C12H16N4/c1-3-16-11(6-8-15-16)9-14-12-5-4-7-13-10(12)2/h4-8,14H,3,9H2,1-2H3. The molecule has 2 aromatic rings. The van der Waals surface area contributed by atoms with Gasteiger partial charge >= 0.3 is 0 Å². The summed E-state index contributed by atoms with van der Waals surface area (Å²) in [5.41, 5.74) is 3.28. The zero-order valence-electron chi connectivity index (χ0n) is 9.64. The number of nitrogens with one attached hydrogen (secondary N) is 1. The second kappa shape index (κ2) is 4.79. The molecule has 0 aliphatic heterocycles. The molecule has 2 heterocycles. The lowest BCUT2D eigenvalue weighted by Crippen LogP contribution is -2.08. The van der Waals surface area contributed by atoms with Crippen molar-refractivity contribution in [3.63, 3.8) is 0 Å². The highest BCUT2D eigenvalue weighted by atomic mass is 15.3. The molecule has 0 aromatic carbocycles. The van der Waals surface area contributed by atoms with E-state index in [4.69, 9.17) is 0 Å². The first kappa shape index (κ1) is 10.7. The molecule has 0 saturated carbocycles. The Morgan fingerprint density at radius 3 is 2.94 bits per heavy atom. The Bertz CT molecular complexity index is 462. The van der Waals surface area contributed by atoms with Crippen molar-refractivity contribution in [2.75, 3.05) is 5.32 Å². The number of rotatable bonds is 4. The lowest BCUT2D eigenvalue weighted by Gasteiger charge is -2.09. The molecule has 0 radical (unpaired) electrons. The molecule has 4 nitrogen and oxygen atoms in total. The molecule has 0 aliphatic rings. The summed E-state index contributed by atoms with van der Waals surface area (Å²) in [7, 11) is 0. The number of aromatic nitrogens is 3. The smallest absolute Gasteiger partial charge is 0.0603 e. The Labute approximate surface area is 95.3 Å². The molecule has 0 atom stereocenters. The Morgan fingerprint density at radius 1 is 1.31 bits per heavy atom. The van der Waals surface area contributed by atoms with Crippen LogP contribution in [0.3, 0.4) is 0 Å². The van der Waals surface area contributed by atoms with Gasteiger partial charge in [-0.3, -0.25) is 9.67 Å². The zero-order valence-corrected chi connectivity index (χ0v) is 9.64. The van der Waals surface area contributed by atoms with Gasteiger partial charge in [-0.25, -0.2) is 0 Å². The molecule has 0 bridgehead atoms. The molecular weight excluding hydrogens is 200 g/mol. The van der Waals surface area contributed by atoms with Crippen LogP contribution in [0.5, 0.6) is 0 Å². The molecule has 2 rings (SSSR count). The molecule has 4 heteroatoms. The van der Waals surface area contributed by atoms with E-state index in [0.717, 1.165) is 24.5 Å². The highest BCUT2D eigenvalue weighted by Gasteiger charge is 2.01. The molecule has 16 heavy (non-hydrogen) atoms. The first-order valence-corrected chi connectivity index (χ1v) is 5.47. The second-order valence-electron chi connectivity index (χ2n) is 3.63. The van der Waals surface area contributed by atoms with Crippen LogP contribution in [-0.2, 0) is 13.1 Å². The summed E-state index contributed by atoms with van der Waals surface area (Å²) < 4.78 is 1.98. The van der Waals surface area contributed by atoms with Crippen molar-refractivity contribution >= 4 is 5.69 Å². The minimum Gasteiger partial charge on any atom is -0.378 e. The summed E-state index contributed by atoms with van der Waals surface area (Å²) in [6.07, 6.45) is 3.63. The van der Waals surface area contributed by atoms with Crippen LogP contribution < -0.4 is 5.32 Å². The van der Waals surface area contributed by atoms with Crippen LogP contribution in [0, 0.1) is 6.92 Å². The quantitative estimate of drug-likeness (QED) is 0.852. The SMILES string of the molecule is CCn1nccc1CNc1cccnc1C. The Kier molecular flexibility index (Phi) is 3.19. The predicted molar refractivity (Wildman–Crippen MR) is 64.2 cm³/mol. The fourth-order valence-electron chi connectivity index (χ4n) is 1.65. The zero-order chi connectivity index (χ0) is 11.4. The van der Waals surface area contributed by atoms with E-state index in [0.29, 0.717) is 0 Å². The summed E-state index contributed by atoms with van der Waals surface area (Å²) in [6, 6.07) is 6.00. The van der Waals surface area contributed by atoms with Gasteiger partial charge in [0.05, 0.1) is 23.6 Å². The van der Waals surface area contributed by atoms with Gasteiger partial charge in [0.2, 0.25) is 0 Å². The number of anilines is 1. The maximum Gasteiger partial charge on any atom is 0.0603 e. The minimum atomic E-state index is 0.778. The van der Waals surface area contributed by atoms with E-state index in [2.05, 4.69) is 22.3 Å². The third-order valence-corrected chi connectivity index (χ3v) is 2.57. The number of aryl methyl sites for hydroxylation is 2. The van der Waals surface area contributed by atoms with Gasteiger partial charge in [0.25, 0.3) is 0 Å². The number of hydrogen-bond acceptors (Lipinski definition) is 3. The fraction of sp³-hybridized carbons (Fsp3) is 0.333. The Morgan fingerprint density at radius 2 is 2.19 bits per heavy atom. The molecular formula is C12H16N4. The van der Waals surface area contributed by atoms with E-state index in [9.17, 15) is 0 Å². The second-order valence-corrected chi connectivity index (χ2v) is 3.63. The third kappa shape index (κ3) is 2.21. The Hall–Kier alpha value is -1.84. The topological polar surface area (TPSA) is 42.7 Å². The van der Waals surface area contributed by atoms with E-state index >= 15 is 0 Å². The molecule has 0 aliphatic carbocycles.